The Bertz CT molecular complexity index is 514. The highest BCUT2D eigenvalue weighted by molar-refractivity contribution is 5.78. The second kappa shape index (κ2) is 5.44. The quantitative estimate of drug-likeness (QED) is 0.849. The molecule has 0 bridgehead atoms. The molecule has 0 saturated carbocycles. The number of hydrogen-bond donors (Lipinski definition) is 0. The lowest BCUT2D eigenvalue weighted by molar-refractivity contribution is -0.159. The van der Waals surface area contributed by atoms with Crippen molar-refractivity contribution in [2.24, 2.45) is 0 Å². The average Bonchev–Trinajstić information content (AvgIpc) is 2.49. The van der Waals surface area contributed by atoms with Gasteiger partial charge in [0.2, 0.25) is 5.91 Å². The number of carbonyl (C=O) groups is 1. The number of carbonyl (C=O) groups excluding carboxylic acids is 1. The third-order valence-corrected chi connectivity index (χ3v) is 4.29. The summed E-state index contributed by atoms with van der Waals surface area (Å²) in [5, 5.41) is 0. The Balaban J connectivity index is 1.94. The maximum atomic E-state index is 12.1. The van der Waals surface area contributed by atoms with E-state index < -0.39 is 0 Å². The van der Waals surface area contributed by atoms with Gasteiger partial charge in [0.25, 0.3) is 0 Å². The van der Waals surface area contributed by atoms with E-state index in [2.05, 4.69) is 19.1 Å². The Morgan fingerprint density at radius 1 is 1.45 bits per heavy atom. The van der Waals surface area contributed by atoms with Crippen molar-refractivity contribution in [1.82, 2.24) is 4.90 Å². The third-order valence-electron chi connectivity index (χ3n) is 4.29. The van der Waals surface area contributed by atoms with Crippen molar-refractivity contribution in [1.29, 1.82) is 0 Å². The number of morpholine rings is 1. The van der Waals surface area contributed by atoms with E-state index in [0.717, 1.165) is 31.6 Å². The summed E-state index contributed by atoms with van der Waals surface area (Å²) < 4.78 is 11.2. The molecule has 1 aromatic carbocycles. The summed E-state index contributed by atoms with van der Waals surface area (Å²) in [5.41, 5.74) is 2.51. The van der Waals surface area contributed by atoms with Crippen LogP contribution in [0.5, 0.6) is 5.75 Å². The monoisotopic (exact) mass is 275 g/mol. The van der Waals surface area contributed by atoms with E-state index in [4.69, 9.17) is 9.47 Å². The first-order valence-corrected chi connectivity index (χ1v) is 7.32. The molecule has 4 nitrogen and oxygen atoms in total. The molecule has 108 valence electrons. The zero-order chi connectivity index (χ0) is 14.1. The number of amides is 1. The van der Waals surface area contributed by atoms with Crippen molar-refractivity contribution in [3.63, 3.8) is 0 Å². The molecule has 20 heavy (non-hydrogen) atoms. The molecule has 0 N–H and O–H groups in total. The largest absolute Gasteiger partial charge is 0.497 e. The second-order valence-electron chi connectivity index (χ2n) is 5.49. The van der Waals surface area contributed by atoms with Gasteiger partial charge in [-0.05, 0) is 42.5 Å². The van der Waals surface area contributed by atoms with Gasteiger partial charge in [0.05, 0.1) is 13.2 Å². The maximum Gasteiger partial charge on any atom is 0.248 e. The Hall–Kier alpha value is -1.55. The topological polar surface area (TPSA) is 38.8 Å². The molecule has 1 fully saturated rings. The van der Waals surface area contributed by atoms with Crippen molar-refractivity contribution < 1.29 is 14.3 Å². The molecule has 0 spiro atoms. The molecule has 1 amide bonds. The summed E-state index contributed by atoms with van der Waals surface area (Å²) in [5.74, 6) is 0.978. The Labute approximate surface area is 119 Å². The predicted molar refractivity (Wildman–Crippen MR) is 75.8 cm³/mol. The van der Waals surface area contributed by atoms with Crippen LogP contribution in [-0.2, 0) is 16.0 Å². The van der Waals surface area contributed by atoms with E-state index >= 15 is 0 Å². The smallest absolute Gasteiger partial charge is 0.248 e. The minimum Gasteiger partial charge on any atom is -0.497 e. The van der Waals surface area contributed by atoms with Crippen LogP contribution in [0.4, 0.5) is 0 Å². The van der Waals surface area contributed by atoms with Gasteiger partial charge in [0.1, 0.15) is 18.5 Å². The molecule has 0 radical (unpaired) electrons. The number of nitrogens with zero attached hydrogens (tertiary/aromatic N) is 1. The number of fused-ring (bicyclic) bond motifs is 3. The number of benzene rings is 1. The first-order chi connectivity index (χ1) is 9.74. The molecule has 1 saturated heterocycles. The lowest BCUT2D eigenvalue weighted by Crippen LogP contribution is -2.52. The van der Waals surface area contributed by atoms with Gasteiger partial charge in [0.15, 0.2) is 0 Å². The van der Waals surface area contributed by atoms with E-state index in [-0.39, 0.29) is 24.7 Å². The molecular formula is C16H21NO3. The molecule has 3 rings (SSSR count). The lowest BCUT2D eigenvalue weighted by Gasteiger charge is -2.44. The number of ether oxygens (including phenoxy) is 2. The molecule has 0 aromatic heterocycles. The Morgan fingerprint density at radius 2 is 2.30 bits per heavy atom. The maximum absolute atomic E-state index is 12.1. The van der Waals surface area contributed by atoms with Crippen LogP contribution in [0, 0.1) is 0 Å². The minimum absolute atomic E-state index is 0.00176. The molecular weight excluding hydrogens is 254 g/mol. The summed E-state index contributed by atoms with van der Waals surface area (Å²) in [6.45, 7) is 3.12. The van der Waals surface area contributed by atoms with Gasteiger partial charge < -0.3 is 14.4 Å². The zero-order valence-corrected chi connectivity index (χ0v) is 12.1. The van der Waals surface area contributed by atoms with Crippen LogP contribution in [0.15, 0.2) is 18.2 Å². The predicted octanol–water partition coefficient (Wildman–Crippen LogP) is 2.32. The van der Waals surface area contributed by atoms with E-state index in [0.29, 0.717) is 0 Å². The van der Waals surface area contributed by atoms with Gasteiger partial charge in [-0.15, -0.1) is 0 Å². The molecule has 2 aliphatic rings. The Morgan fingerprint density at radius 3 is 3.05 bits per heavy atom. The van der Waals surface area contributed by atoms with Crippen LogP contribution in [-0.4, -0.2) is 37.1 Å². The summed E-state index contributed by atoms with van der Waals surface area (Å²) in [7, 11) is 1.68. The number of methoxy groups -OCH3 is 1. The number of hydrogen-bond acceptors (Lipinski definition) is 3. The summed E-state index contributed by atoms with van der Waals surface area (Å²) >= 11 is 0. The molecule has 1 aliphatic heterocycles. The third kappa shape index (κ3) is 2.18. The average molecular weight is 275 g/mol. The lowest BCUT2D eigenvalue weighted by atomic mass is 9.84. The fourth-order valence-corrected chi connectivity index (χ4v) is 3.34. The van der Waals surface area contributed by atoms with Gasteiger partial charge in [-0.3, -0.25) is 4.79 Å². The second-order valence-corrected chi connectivity index (χ2v) is 5.49. The van der Waals surface area contributed by atoms with E-state index in [1.54, 1.807) is 7.11 Å². The fourth-order valence-electron chi connectivity index (χ4n) is 3.34. The van der Waals surface area contributed by atoms with Crippen molar-refractivity contribution in [2.45, 2.75) is 38.3 Å². The number of aryl methyl sites for hydroxylation is 1. The fraction of sp³-hybridized carbons (Fsp3) is 0.562. The minimum atomic E-state index is -0.00176. The highest BCUT2D eigenvalue weighted by Gasteiger charge is 2.40. The van der Waals surface area contributed by atoms with E-state index in [1.807, 2.05) is 11.0 Å². The number of rotatable bonds is 3. The van der Waals surface area contributed by atoms with Gasteiger partial charge in [-0.2, -0.15) is 0 Å². The summed E-state index contributed by atoms with van der Waals surface area (Å²) in [6, 6.07) is 6.35. The SMILES string of the molecule is CCCN1C(=O)CO[C@@H]2c3cc(OC)ccc3CC[C@H]21. The molecule has 1 aromatic rings. The molecule has 2 atom stereocenters. The van der Waals surface area contributed by atoms with Crippen LogP contribution >= 0.6 is 0 Å². The van der Waals surface area contributed by atoms with Crippen LogP contribution < -0.4 is 4.74 Å². The molecule has 1 aliphatic carbocycles. The zero-order valence-electron chi connectivity index (χ0n) is 12.1. The van der Waals surface area contributed by atoms with Crippen molar-refractivity contribution in [3.8, 4) is 5.75 Å². The van der Waals surface area contributed by atoms with Crippen molar-refractivity contribution in [2.75, 3.05) is 20.3 Å². The van der Waals surface area contributed by atoms with Crippen LogP contribution in [0.1, 0.15) is 37.0 Å². The molecule has 4 heteroatoms. The van der Waals surface area contributed by atoms with Crippen LogP contribution in [0.3, 0.4) is 0 Å². The Kier molecular flexibility index (Phi) is 3.66. The van der Waals surface area contributed by atoms with Crippen molar-refractivity contribution in [3.05, 3.63) is 29.3 Å². The van der Waals surface area contributed by atoms with E-state index in [1.165, 1.54) is 11.1 Å². The van der Waals surface area contributed by atoms with Gasteiger partial charge in [0, 0.05) is 6.54 Å². The summed E-state index contributed by atoms with van der Waals surface area (Å²) in [4.78, 5) is 14.1. The first kappa shape index (κ1) is 13.4. The highest BCUT2D eigenvalue weighted by Crippen LogP contribution is 2.39. The van der Waals surface area contributed by atoms with Crippen LogP contribution in [0.2, 0.25) is 0 Å². The van der Waals surface area contributed by atoms with Crippen LogP contribution in [0.25, 0.3) is 0 Å². The van der Waals surface area contributed by atoms with Gasteiger partial charge in [-0.1, -0.05) is 13.0 Å². The molecule has 0 unspecified atom stereocenters. The highest BCUT2D eigenvalue weighted by atomic mass is 16.5. The first-order valence-electron chi connectivity index (χ1n) is 7.32. The normalized spacial score (nSPS) is 25.1. The molecule has 1 heterocycles. The van der Waals surface area contributed by atoms with E-state index in [9.17, 15) is 4.79 Å². The standard InChI is InChI=1S/C16H21NO3/c1-3-8-17-14-7-5-11-4-6-12(19-2)9-13(11)16(14)20-10-15(17)18/h4,6,9,14,16H,3,5,7-8,10H2,1-2H3/t14-,16-/m1/s1. The van der Waals surface area contributed by atoms with Gasteiger partial charge in [-0.25, -0.2) is 0 Å². The van der Waals surface area contributed by atoms with Gasteiger partial charge >= 0.3 is 0 Å². The summed E-state index contributed by atoms with van der Waals surface area (Å²) in [6.07, 6.45) is 2.96. The van der Waals surface area contributed by atoms with Crippen molar-refractivity contribution >= 4 is 5.91 Å².